The summed E-state index contributed by atoms with van der Waals surface area (Å²) >= 11 is 0. The first-order valence-corrected chi connectivity index (χ1v) is 9.39. The van der Waals surface area contributed by atoms with Crippen molar-refractivity contribution in [2.75, 3.05) is 25.0 Å². The van der Waals surface area contributed by atoms with Gasteiger partial charge in [0.2, 0.25) is 5.91 Å². The van der Waals surface area contributed by atoms with Crippen molar-refractivity contribution in [2.24, 2.45) is 5.73 Å². The smallest absolute Gasteiger partial charge is 0.265 e. The monoisotopic (exact) mass is 410 g/mol. The molecule has 9 heteroatoms. The van der Waals surface area contributed by atoms with E-state index in [1.165, 1.54) is 0 Å². The fourth-order valence-corrected chi connectivity index (χ4v) is 3.48. The molecule has 0 aliphatic carbocycles. The van der Waals surface area contributed by atoms with Crippen molar-refractivity contribution < 1.29 is 19.1 Å². The molecular formula is C19H27ClN4O4. The fourth-order valence-electron chi connectivity index (χ4n) is 3.48. The Morgan fingerprint density at radius 2 is 2.14 bits per heavy atom. The maximum atomic E-state index is 13.2. The van der Waals surface area contributed by atoms with Crippen molar-refractivity contribution in [1.29, 1.82) is 0 Å². The molecule has 3 rings (SSSR count). The molecule has 0 spiro atoms. The number of nitrogens with zero attached hydrogens (tertiary/aromatic N) is 1. The molecule has 0 saturated carbocycles. The van der Waals surface area contributed by atoms with E-state index in [1.54, 1.807) is 30.0 Å². The molecule has 2 aliphatic heterocycles. The largest absolute Gasteiger partial charge is 0.478 e. The van der Waals surface area contributed by atoms with E-state index in [0.717, 1.165) is 19.3 Å². The standard InChI is InChI=1S/C19H26N4O4.ClH/c1-12-18(25)22-15-7-4-6-14(17(15)27-12)19(26)23-10-3-2-5-13(23)11-21-16(24)8-9-20;/h4,6-7,12-13H,2-3,5,8-11,20H2,1H3,(H,21,24)(H,22,25);1H. The van der Waals surface area contributed by atoms with E-state index in [1.807, 2.05) is 0 Å². The highest BCUT2D eigenvalue weighted by atomic mass is 35.5. The molecule has 1 fully saturated rings. The van der Waals surface area contributed by atoms with E-state index in [2.05, 4.69) is 10.6 Å². The van der Waals surface area contributed by atoms with Gasteiger partial charge in [-0.2, -0.15) is 0 Å². The Bertz CT molecular complexity index is 743. The molecule has 0 radical (unpaired) electrons. The zero-order chi connectivity index (χ0) is 19.4. The molecule has 0 bridgehead atoms. The Labute approximate surface area is 170 Å². The average Bonchev–Trinajstić information content (AvgIpc) is 2.67. The van der Waals surface area contributed by atoms with Crippen LogP contribution in [0.15, 0.2) is 18.2 Å². The normalized spacial score (nSPS) is 20.9. The van der Waals surface area contributed by atoms with Gasteiger partial charge in [-0.3, -0.25) is 14.4 Å². The zero-order valence-corrected chi connectivity index (χ0v) is 16.7. The molecule has 8 nitrogen and oxygen atoms in total. The maximum Gasteiger partial charge on any atom is 0.265 e. The second-order valence-electron chi connectivity index (χ2n) is 6.92. The van der Waals surface area contributed by atoms with Crippen molar-refractivity contribution in [3.63, 3.8) is 0 Å². The number of piperidine rings is 1. The summed E-state index contributed by atoms with van der Waals surface area (Å²) in [4.78, 5) is 38.6. The molecule has 1 saturated heterocycles. The molecule has 1 aromatic rings. The van der Waals surface area contributed by atoms with Gasteiger partial charge in [0, 0.05) is 32.1 Å². The third kappa shape index (κ3) is 4.74. The molecule has 28 heavy (non-hydrogen) atoms. The molecular weight excluding hydrogens is 384 g/mol. The Hall–Kier alpha value is -2.32. The number of hydrogen-bond acceptors (Lipinski definition) is 5. The van der Waals surface area contributed by atoms with E-state index in [-0.39, 0.29) is 42.6 Å². The van der Waals surface area contributed by atoms with Gasteiger partial charge in [0.05, 0.1) is 11.3 Å². The summed E-state index contributed by atoms with van der Waals surface area (Å²) in [5, 5.41) is 5.63. The Kier molecular flexibility index (Phi) is 7.65. The number of ether oxygens (including phenoxy) is 1. The molecule has 2 aliphatic rings. The van der Waals surface area contributed by atoms with Crippen LogP contribution in [0.1, 0.15) is 43.0 Å². The lowest BCUT2D eigenvalue weighted by atomic mass is 9.99. The van der Waals surface area contributed by atoms with E-state index < -0.39 is 6.10 Å². The van der Waals surface area contributed by atoms with Crippen LogP contribution in [0, 0.1) is 0 Å². The quantitative estimate of drug-likeness (QED) is 0.676. The lowest BCUT2D eigenvalue weighted by Gasteiger charge is -2.36. The van der Waals surface area contributed by atoms with E-state index in [9.17, 15) is 14.4 Å². The van der Waals surface area contributed by atoms with Crippen LogP contribution in [0.2, 0.25) is 0 Å². The first-order valence-electron chi connectivity index (χ1n) is 9.39. The minimum atomic E-state index is -0.654. The van der Waals surface area contributed by atoms with Crippen LogP contribution in [0.5, 0.6) is 5.75 Å². The van der Waals surface area contributed by atoms with Crippen LogP contribution < -0.4 is 21.1 Å². The predicted molar refractivity (Wildman–Crippen MR) is 108 cm³/mol. The number of anilines is 1. The summed E-state index contributed by atoms with van der Waals surface area (Å²) in [6, 6.07) is 5.09. The van der Waals surface area contributed by atoms with Gasteiger partial charge in [-0.15, -0.1) is 12.4 Å². The summed E-state index contributed by atoms with van der Waals surface area (Å²) in [5.74, 6) is -0.0722. The molecule has 154 valence electrons. The van der Waals surface area contributed by atoms with Crippen LogP contribution in [0.4, 0.5) is 5.69 Å². The van der Waals surface area contributed by atoms with Gasteiger partial charge in [-0.1, -0.05) is 6.07 Å². The number of hydrogen-bond donors (Lipinski definition) is 3. The SMILES string of the molecule is CC1Oc2c(cccc2C(=O)N2CCCCC2CNC(=O)CCN)NC1=O.Cl. The van der Waals surface area contributed by atoms with Crippen molar-refractivity contribution in [3.05, 3.63) is 23.8 Å². The number of carbonyl (C=O) groups excluding carboxylic acids is 3. The second kappa shape index (κ2) is 9.75. The number of amides is 3. The Morgan fingerprint density at radius 1 is 1.36 bits per heavy atom. The molecule has 3 amide bonds. The van der Waals surface area contributed by atoms with Crippen LogP contribution in [0.3, 0.4) is 0 Å². The number of rotatable bonds is 5. The Balaban J connectivity index is 0.00000280. The number of fused-ring (bicyclic) bond motifs is 1. The summed E-state index contributed by atoms with van der Waals surface area (Å²) < 4.78 is 5.71. The van der Waals surface area contributed by atoms with Gasteiger partial charge in [0.15, 0.2) is 11.9 Å². The van der Waals surface area contributed by atoms with Gasteiger partial charge in [0.25, 0.3) is 11.8 Å². The molecule has 4 N–H and O–H groups in total. The van der Waals surface area contributed by atoms with Crippen LogP contribution in [0.25, 0.3) is 0 Å². The number of nitrogens with two attached hydrogens (primary N) is 1. The number of halogens is 1. The van der Waals surface area contributed by atoms with Crippen LogP contribution in [-0.2, 0) is 9.59 Å². The second-order valence-corrected chi connectivity index (χ2v) is 6.92. The third-order valence-corrected chi connectivity index (χ3v) is 4.96. The number of benzene rings is 1. The van der Waals surface area contributed by atoms with Crippen molar-refractivity contribution in [1.82, 2.24) is 10.2 Å². The molecule has 0 aromatic heterocycles. The van der Waals surface area contributed by atoms with E-state index >= 15 is 0 Å². The number of nitrogens with one attached hydrogen (secondary N) is 2. The first-order chi connectivity index (χ1) is 13.0. The molecule has 2 heterocycles. The van der Waals surface area contributed by atoms with E-state index in [4.69, 9.17) is 10.5 Å². The topological polar surface area (TPSA) is 114 Å². The van der Waals surface area contributed by atoms with Gasteiger partial charge < -0.3 is 26.0 Å². The molecule has 2 atom stereocenters. The van der Waals surface area contributed by atoms with Gasteiger partial charge in [0.1, 0.15) is 0 Å². The van der Waals surface area contributed by atoms with Gasteiger partial charge in [-0.05, 0) is 38.3 Å². The number of para-hydroxylation sites is 1. The maximum absolute atomic E-state index is 13.2. The van der Waals surface area contributed by atoms with Crippen molar-refractivity contribution in [3.8, 4) is 5.75 Å². The summed E-state index contributed by atoms with van der Waals surface area (Å²) in [7, 11) is 0. The summed E-state index contributed by atoms with van der Waals surface area (Å²) in [5.41, 5.74) is 6.34. The fraction of sp³-hybridized carbons (Fsp3) is 0.526. The first kappa shape index (κ1) is 22.0. The van der Waals surface area contributed by atoms with Gasteiger partial charge >= 0.3 is 0 Å². The van der Waals surface area contributed by atoms with Gasteiger partial charge in [-0.25, -0.2) is 0 Å². The van der Waals surface area contributed by atoms with E-state index in [0.29, 0.717) is 36.6 Å². The Morgan fingerprint density at radius 3 is 2.89 bits per heavy atom. The van der Waals surface area contributed by atoms with Crippen molar-refractivity contribution in [2.45, 2.75) is 44.8 Å². The molecule has 1 aromatic carbocycles. The number of likely N-dealkylation sites (tertiary alicyclic amines) is 1. The predicted octanol–water partition coefficient (Wildman–Crippen LogP) is 1.29. The highest BCUT2D eigenvalue weighted by Crippen LogP contribution is 2.35. The highest BCUT2D eigenvalue weighted by molar-refractivity contribution is 6.04. The zero-order valence-electron chi connectivity index (χ0n) is 15.9. The summed E-state index contributed by atoms with van der Waals surface area (Å²) in [6.45, 7) is 2.99. The minimum Gasteiger partial charge on any atom is -0.478 e. The highest BCUT2D eigenvalue weighted by Gasteiger charge is 2.33. The van der Waals surface area contributed by atoms with Crippen molar-refractivity contribution >= 4 is 35.8 Å². The lowest BCUT2D eigenvalue weighted by Crippen LogP contribution is -2.49. The molecule has 2 unspecified atom stereocenters. The number of carbonyl (C=O) groups is 3. The minimum absolute atomic E-state index is 0. The third-order valence-electron chi connectivity index (χ3n) is 4.96. The average molecular weight is 411 g/mol. The van der Waals surface area contributed by atoms with Crippen LogP contribution in [-0.4, -0.2) is 54.4 Å². The lowest BCUT2D eigenvalue weighted by molar-refractivity contribution is -0.123. The summed E-state index contributed by atoms with van der Waals surface area (Å²) in [6.07, 6.45) is 2.38. The van der Waals surface area contributed by atoms with Crippen LogP contribution >= 0.6 is 12.4 Å².